The van der Waals surface area contributed by atoms with Crippen LogP contribution in [0.1, 0.15) is 57.4 Å². The predicted octanol–water partition coefficient (Wildman–Crippen LogP) is 4.32. The second-order valence-corrected chi connectivity index (χ2v) is 9.66. The number of rotatable bonds is 13. The minimum Gasteiger partial charge on any atom is -0.461 e. The second-order valence-electron chi connectivity index (χ2n) is 9.66. The average molecular weight is 445 g/mol. The van der Waals surface area contributed by atoms with Crippen molar-refractivity contribution >= 4 is 16.9 Å². The van der Waals surface area contributed by atoms with Crippen LogP contribution in [0, 0.1) is 11.8 Å². The Hall–Kier alpha value is -1.96. The topological polar surface area (TPSA) is 74.0 Å². The number of hydrogen-bond donors (Lipinski definition) is 0. The van der Waals surface area contributed by atoms with E-state index in [0.717, 1.165) is 47.6 Å². The van der Waals surface area contributed by atoms with Gasteiger partial charge in [0.1, 0.15) is 24.9 Å². The lowest BCUT2D eigenvalue weighted by atomic mass is 9.75. The zero-order valence-electron chi connectivity index (χ0n) is 19.8. The summed E-state index contributed by atoms with van der Waals surface area (Å²) >= 11 is 0. The number of aromatic nitrogens is 1. The van der Waals surface area contributed by atoms with Crippen molar-refractivity contribution in [1.82, 2.24) is 9.88 Å². The number of β-lactam (4-membered cyclic amide) rings is 1. The van der Waals surface area contributed by atoms with Crippen molar-refractivity contribution in [2.45, 2.75) is 70.4 Å². The van der Waals surface area contributed by atoms with E-state index in [2.05, 4.69) is 24.9 Å². The molecule has 0 bridgehead atoms. The highest BCUT2D eigenvalue weighted by atomic mass is 16.7. The van der Waals surface area contributed by atoms with Crippen molar-refractivity contribution in [3.8, 4) is 0 Å². The first-order valence-electron chi connectivity index (χ1n) is 11.8. The van der Waals surface area contributed by atoms with Crippen LogP contribution in [0.3, 0.4) is 0 Å². The van der Waals surface area contributed by atoms with E-state index in [1.807, 2.05) is 6.07 Å². The lowest BCUT2D eigenvalue weighted by Crippen LogP contribution is -2.76. The highest BCUT2D eigenvalue weighted by molar-refractivity contribution is 5.94. The maximum atomic E-state index is 13.4. The summed E-state index contributed by atoms with van der Waals surface area (Å²) in [7, 11) is 3.19. The van der Waals surface area contributed by atoms with E-state index in [0.29, 0.717) is 12.3 Å². The van der Waals surface area contributed by atoms with Crippen LogP contribution in [0.15, 0.2) is 22.7 Å². The van der Waals surface area contributed by atoms with Gasteiger partial charge in [0.05, 0.1) is 11.7 Å². The molecule has 2 aromatic rings. The number of aryl methyl sites for hydroxylation is 1. The molecule has 0 spiro atoms. The van der Waals surface area contributed by atoms with E-state index in [-0.39, 0.29) is 25.5 Å². The van der Waals surface area contributed by atoms with Gasteiger partial charge in [0.2, 0.25) is 0 Å². The number of furan rings is 1. The lowest BCUT2D eigenvalue weighted by molar-refractivity contribution is -0.234. The maximum Gasteiger partial charge on any atom is 0.259 e. The van der Waals surface area contributed by atoms with Gasteiger partial charge in [0.15, 0.2) is 5.60 Å². The molecule has 3 heterocycles. The lowest BCUT2D eigenvalue weighted by Gasteiger charge is -2.55. The molecule has 32 heavy (non-hydrogen) atoms. The second kappa shape index (κ2) is 9.89. The molecule has 1 unspecified atom stereocenters. The number of carbonyl (C=O) groups is 1. The molecule has 2 fully saturated rings. The molecule has 176 valence electrons. The van der Waals surface area contributed by atoms with E-state index in [1.165, 1.54) is 19.3 Å². The molecule has 4 rings (SSSR count). The molecule has 2 aliphatic rings. The van der Waals surface area contributed by atoms with E-state index in [4.69, 9.17) is 18.6 Å². The van der Waals surface area contributed by atoms with Crippen LogP contribution in [-0.4, -0.2) is 55.2 Å². The molecule has 2 atom stereocenters. The standard InChI is InChI=1S/C25H36N2O5/c1-17(2)5-10-23-25(31-16-30-4,24(28)27(23)15-29-3)14-21-20-13-19(9-8-18-6-7-18)32-22(20)11-12-26-21/h11-13,17-18,23H,5-10,14-16H2,1-4H3/t23-,25?/m0/s1. The Balaban J connectivity index is 1.62. The molecule has 0 aromatic carbocycles. The van der Waals surface area contributed by atoms with Crippen LogP contribution in [-0.2, 0) is 31.8 Å². The SMILES string of the molecule is COCOC1(Cc2nccc3oc(CCC4CC4)cc23)C(=O)N(COC)[C@H]1CCC(C)C. The van der Waals surface area contributed by atoms with Crippen molar-refractivity contribution in [3.05, 3.63) is 29.8 Å². The summed E-state index contributed by atoms with van der Waals surface area (Å²) in [5.74, 6) is 2.30. The first-order valence-corrected chi connectivity index (χ1v) is 11.8. The van der Waals surface area contributed by atoms with Gasteiger partial charge in [-0.3, -0.25) is 9.78 Å². The molecule has 7 heteroatoms. The predicted molar refractivity (Wildman–Crippen MR) is 121 cm³/mol. The minimum absolute atomic E-state index is 0.0543. The number of amides is 1. The molecule has 1 aliphatic carbocycles. The number of pyridine rings is 1. The molecule has 1 amide bonds. The summed E-state index contributed by atoms with van der Waals surface area (Å²) in [4.78, 5) is 19.8. The van der Waals surface area contributed by atoms with Crippen LogP contribution >= 0.6 is 0 Å². The molecule has 1 aliphatic heterocycles. The molecule has 0 radical (unpaired) electrons. The molecular weight excluding hydrogens is 408 g/mol. The third-order valence-electron chi connectivity index (χ3n) is 6.76. The highest BCUT2D eigenvalue weighted by Crippen LogP contribution is 2.42. The Morgan fingerprint density at radius 1 is 1.25 bits per heavy atom. The number of carbonyl (C=O) groups excluding carboxylic acids is 1. The number of nitrogens with zero attached hydrogens (tertiary/aromatic N) is 2. The monoisotopic (exact) mass is 444 g/mol. The van der Waals surface area contributed by atoms with Crippen LogP contribution in [0.2, 0.25) is 0 Å². The fourth-order valence-corrected chi connectivity index (χ4v) is 4.78. The van der Waals surface area contributed by atoms with E-state index in [9.17, 15) is 4.79 Å². The smallest absolute Gasteiger partial charge is 0.259 e. The number of ether oxygens (including phenoxy) is 3. The van der Waals surface area contributed by atoms with Gasteiger partial charge < -0.3 is 23.5 Å². The summed E-state index contributed by atoms with van der Waals surface area (Å²) < 4.78 is 22.8. The quantitative estimate of drug-likeness (QED) is 0.338. The summed E-state index contributed by atoms with van der Waals surface area (Å²) in [6, 6.07) is 3.91. The Kier molecular flexibility index (Phi) is 7.17. The molecule has 2 aromatic heterocycles. The fourth-order valence-electron chi connectivity index (χ4n) is 4.78. The van der Waals surface area contributed by atoms with Crippen LogP contribution in [0.5, 0.6) is 0 Å². The molecule has 1 saturated carbocycles. The van der Waals surface area contributed by atoms with Crippen molar-refractivity contribution in [1.29, 1.82) is 0 Å². The van der Waals surface area contributed by atoms with Gasteiger partial charge in [-0.25, -0.2) is 0 Å². The third-order valence-corrected chi connectivity index (χ3v) is 6.76. The fraction of sp³-hybridized carbons (Fsp3) is 0.680. The van der Waals surface area contributed by atoms with Crippen LogP contribution in [0.25, 0.3) is 11.0 Å². The van der Waals surface area contributed by atoms with Gasteiger partial charge in [-0.05, 0) is 43.2 Å². The van der Waals surface area contributed by atoms with Crippen molar-refractivity contribution in [3.63, 3.8) is 0 Å². The van der Waals surface area contributed by atoms with Gasteiger partial charge in [-0.15, -0.1) is 0 Å². The summed E-state index contributed by atoms with van der Waals surface area (Å²) in [6.45, 7) is 4.69. The van der Waals surface area contributed by atoms with Crippen molar-refractivity contribution in [2.75, 3.05) is 27.7 Å². The van der Waals surface area contributed by atoms with E-state index < -0.39 is 5.60 Å². The van der Waals surface area contributed by atoms with Crippen LogP contribution in [0.4, 0.5) is 0 Å². The van der Waals surface area contributed by atoms with Gasteiger partial charge in [-0.1, -0.05) is 26.7 Å². The van der Waals surface area contributed by atoms with E-state index >= 15 is 0 Å². The van der Waals surface area contributed by atoms with Crippen molar-refractivity contribution < 1.29 is 23.4 Å². The number of likely N-dealkylation sites (tertiary alicyclic amines) is 1. The first-order chi connectivity index (χ1) is 15.5. The maximum absolute atomic E-state index is 13.4. The zero-order valence-corrected chi connectivity index (χ0v) is 19.8. The minimum atomic E-state index is -1.00. The largest absolute Gasteiger partial charge is 0.461 e. The summed E-state index contributed by atoms with van der Waals surface area (Å²) in [6.07, 6.45) is 8.77. The molecular formula is C25H36N2O5. The Bertz CT molecular complexity index is 922. The Labute approximate surface area is 190 Å². The Morgan fingerprint density at radius 2 is 2.06 bits per heavy atom. The van der Waals surface area contributed by atoms with E-state index in [1.54, 1.807) is 25.3 Å². The van der Waals surface area contributed by atoms with Crippen molar-refractivity contribution in [2.24, 2.45) is 11.8 Å². The summed E-state index contributed by atoms with van der Waals surface area (Å²) in [5, 5.41) is 0.972. The van der Waals surface area contributed by atoms with Gasteiger partial charge in [0, 0.05) is 38.6 Å². The van der Waals surface area contributed by atoms with Crippen LogP contribution < -0.4 is 0 Å². The Morgan fingerprint density at radius 3 is 2.75 bits per heavy atom. The zero-order chi connectivity index (χ0) is 22.7. The molecule has 0 N–H and O–H groups in total. The molecule has 7 nitrogen and oxygen atoms in total. The molecule has 1 saturated heterocycles. The highest BCUT2D eigenvalue weighted by Gasteiger charge is 2.61. The van der Waals surface area contributed by atoms with Gasteiger partial charge in [0.25, 0.3) is 5.91 Å². The van der Waals surface area contributed by atoms with Gasteiger partial charge >= 0.3 is 0 Å². The number of fused-ring (bicyclic) bond motifs is 1. The summed E-state index contributed by atoms with van der Waals surface area (Å²) in [5.41, 5.74) is 0.651. The number of methoxy groups -OCH3 is 2. The average Bonchev–Trinajstić information content (AvgIpc) is 3.51. The first kappa shape index (κ1) is 23.2. The van der Waals surface area contributed by atoms with Gasteiger partial charge in [-0.2, -0.15) is 0 Å². The third kappa shape index (κ3) is 4.70. The number of hydrogen-bond acceptors (Lipinski definition) is 6. The normalized spacial score (nSPS) is 23.3.